The van der Waals surface area contributed by atoms with Crippen molar-refractivity contribution < 1.29 is 9.53 Å². The molecule has 0 atom stereocenters. The van der Waals surface area contributed by atoms with Crippen LogP contribution in [0.2, 0.25) is 5.02 Å². The Balaban J connectivity index is 1.54. The van der Waals surface area contributed by atoms with Crippen LogP contribution in [0.1, 0.15) is 5.56 Å². The Bertz CT molecular complexity index is 685. The van der Waals surface area contributed by atoms with E-state index in [4.69, 9.17) is 16.3 Å². The normalized spacial score (nSPS) is 15.3. The zero-order chi connectivity index (χ0) is 16.9. The number of rotatable bonds is 4. The summed E-state index contributed by atoms with van der Waals surface area (Å²) in [4.78, 5) is 16.7. The Kier molecular flexibility index (Phi) is 5.60. The molecule has 2 amide bonds. The molecule has 24 heavy (non-hydrogen) atoms. The first-order chi connectivity index (χ1) is 11.7. The third kappa shape index (κ3) is 4.20. The lowest BCUT2D eigenvalue weighted by Crippen LogP contribution is -2.49. The number of hydrogen-bond acceptors (Lipinski definition) is 4. The number of carbonyl (C=O) groups is 1. The molecule has 0 bridgehead atoms. The summed E-state index contributed by atoms with van der Waals surface area (Å²) in [6.45, 7) is 4.10. The summed E-state index contributed by atoms with van der Waals surface area (Å²) >= 11 is 7.72. The maximum Gasteiger partial charge on any atom is 0.322 e. The Labute approximate surface area is 150 Å². The number of methoxy groups -OCH3 is 1. The molecule has 0 unspecified atom stereocenters. The zero-order valence-corrected chi connectivity index (χ0v) is 15.1. The number of urea groups is 1. The van der Waals surface area contributed by atoms with Gasteiger partial charge in [0.2, 0.25) is 0 Å². The maximum atomic E-state index is 12.5. The number of anilines is 1. The first-order valence-corrected chi connectivity index (χ1v) is 9.10. The smallest absolute Gasteiger partial charge is 0.322 e. The molecule has 1 fully saturated rings. The number of carbonyl (C=O) groups excluding carboxylic acids is 1. The van der Waals surface area contributed by atoms with Gasteiger partial charge in [-0.2, -0.15) is 11.3 Å². The number of thiophene rings is 1. The predicted octanol–water partition coefficient (Wildman–Crippen LogP) is 3.76. The van der Waals surface area contributed by atoms with Crippen LogP contribution in [0, 0.1) is 0 Å². The van der Waals surface area contributed by atoms with Crippen molar-refractivity contribution in [3.8, 4) is 5.75 Å². The van der Waals surface area contributed by atoms with Gasteiger partial charge in [-0.1, -0.05) is 11.6 Å². The molecule has 0 aliphatic carbocycles. The summed E-state index contributed by atoms with van der Waals surface area (Å²) in [5.41, 5.74) is 1.93. The Morgan fingerprint density at radius 2 is 2.08 bits per heavy atom. The number of piperazine rings is 1. The van der Waals surface area contributed by atoms with Crippen LogP contribution in [-0.2, 0) is 6.54 Å². The van der Waals surface area contributed by atoms with E-state index in [0.29, 0.717) is 29.5 Å². The summed E-state index contributed by atoms with van der Waals surface area (Å²) in [6.07, 6.45) is 0. The molecule has 3 rings (SSSR count). The largest absolute Gasteiger partial charge is 0.495 e. The molecule has 1 N–H and O–H groups in total. The van der Waals surface area contributed by atoms with E-state index in [-0.39, 0.29) is 6.03 Å². The van der Waals surface area contributed by atoms with Crippen molar-refractivity contribution in [2.24, 2.45) is 0 Å². The Hall–Kier alpha value is -1.76. The monoisotopic (exact) mass is 365 g/mol. The quantitative estimate of drug-likeness (QED) is 0.897. The number of halogens is 1. The van der Waals surface area contributed by atoms with Crippen LogP contribution in [-0.4, -0.2) is 49.1 Å². The van der Waals surface area contributed by atoms with E-state index < -0.39 is 0 Å². The average Bonchev–Trinajstić information content (AvgIpc) is 3.09. The topological polar surface area (TPSA) is 44.8 Å². The lowest BCUT2D eigenvalue weighted by molar-refractivity contribution is 0.143. The fourth-order valence-corrected chi connectivity index (χ4v) is 3.55. The lowest BCUT2D eigenvalue weighted by atomic mass is 10.2. The summed E-state index contributed by atoms with van der Waals surface area (Å²) in [5, 5.41) is 7.72. The van der Waals surface area contributed by atoms with Crippen LogP contribution in [0.3, 0.4) is 0 Å². The summed E-state index contributed by atoms with van der Waals surface area (Å²) in [7, 11) is 1.57. The van der Waals surface area contributed by atoms with E-state index in [9.17, 15) is 4.79 Å². The highest BCUT2D eigenvalue weighted by molar-refractivity contribution is 7.07. The first-order valence-electron chi connectivity index (χ1n) is 7.78. The number of hydrogen-bond donors (Lipinski definition) is 1. The van der Waals surface area contributed by atoms with Crippen molar-refractivity contribution in [2.45, 2.75) is 6.54 Å². The van der Waals surface area contributed by atoms with Crippen LogP contribution < -0.4 is 10.1 Å². The van der Waals surface area contributed by atoms with Gasteiger partial charge in [0.05, 0.1) is 12.8 Å². The third-order valence-electron chi connectivity index (χ3n) is 4.05. The van der Waals surface area contributed by atoms with Gasteiger partial charge in [0.15, 0.2) is 0 Å². The van der Waals surface area contributed by atoms with Crippen molar-refractivity contribution in [2.75, 3.05) is 38.6 Å². The standard InChI is InChI=1S/C17H20ClN3O2S/c1-23-16-3-2-14(18)10-15(16)19-17(22)21-7-5-20(6-8-21)11-13-4-9-24-12-13/h2-4,9-10,12H,5-8,11H2,1H3,(H,19,22). The van der Waals surface area contributed by atoms with E-state index in [1.807, 2.05) is 4.90 Å². The average molecular weight is 366 g/mol. The number of benzene rings is 1. The lowest BCUT2D eigenvalue weighted by Gasteiger charge is -2.34. The van der Waals surface area contributed by atoms with Gasteiger partial charge in [0.1, 0.15) is 5.75 Å². The van der Waals surface area contributed by atoms with Gasteiger partial charge < -0.3 is 15.0 Å². The minimum absolute atomic E-state index is 0.120. The van der Waals surface area contributed by atoms with E-state index in [1.165, 1.54) is 5.56 Å². The van der Waals surface area contributed by atoms with Gasteiger partial charge in [-0.05, 0) is 40.6 Å². The van der Waals surface area contributed by atoms with Crippen LogP contribution in [0.25, 0.3) is 0 Å². The van der Waals surface area contributed by atoms with Gasteiger partial charge in [0.25, 0.3) is 0 Å². The molecule has 1 aromatic heterocycles. The molecule has 0 radical (unpaired) electrons. The summed E-state index contributed by atoms with van der Waals surface area (Å²) in [5.74, 6) is 0.601. The molecule has 1 aliphatic heterocycles. The molecule has 2 heterocycles. The highest BCUT2D eigenvalue weighted by Crippen LogP contribution is 2.28. The molecule has 0 spiro atoms. The highest BCUT2D eigenvalue weighted by Gasteiger charge is 2.22. The maximum absolute atomic E-state index is 12.5. The van der Waals surface area contributed by atoms with Crippen LogP contribution in [0.4, 0.5) is 10.5 Å². The number of amides is 2. The van der Waals surface area contributed by atoms with Gasteiger partial charge >= 0.3 is 6.03 Å². The number of nitrogens with zero attached hydrogens (tertiary/aromatic N) is 2. The second-order valence-electron chi connectivity index (χ2n) is 5.67. The molecule has 1 saturated heterocycles. The molecule has 128 valence electrons. The van der Waals surface area contributed by atoms with Crippen molar-refractivity contribution in [1.29, 1.82) is 0 Å². The molecule has 1 aliphatic rings. The van der Waals surface area contributed by atoms with Crippen LogP contribution in [0.5, 0.6) is 5.75 Å². The van der Waals surface area contributed by atoms with Crippen molar-refractivity contribution >= 4 is 34.7 Å². The van der Waals surface area contributed by atoms with Crippen molar-refractivity contribution in [1.82, 2.24) is 9.80 Å². The molecule has 5 nitrogen and oxygen atoms in total. The second kappa shape index (κ2) is 7.88. The SMILES string of the molecule is COc1ccc(Cl)cc1NC(=O)N1CCN(Cc2ccsc2)CC1. The number of ether oxygens (including phenoxy) is 1. The Morgan fingerprint density at radius 3 is 2.75 bits per heavy atom. The highest BCUT2D eigenvalue weighted by atomic mass is 35.5. The van der Waals surface area contributed by atoms with Gasteiger partial charge in [-0.25, -0.2) is 4.79 Å². The molecular weight excluding hydrogens is 346 g/mol. The summed E-state index contributed by atoms with van der Waals surface area (Å²) < 4.78 is 5.27. The van der Waals surface area contributed by atoms with Gasteiger partial charge in [0, 0.05) is 37.7 Å². The van der Waals surface area contributed by atoms with E-state index in [1.54, 1.807) is 36.6 Å². The fourth-order valence-electron chi connectivity index (χ4n) is 2.72. The van der Waals surface area contributed by atoms with Gasteiger partial charge in [-0.15, -0.1) is 0 Å². The Morgan fingerprint density at radius 1 is 1.29 bits per heavy atom. The van der Waals surface area contributed by atoms with Crippen LogP contribution in [0.15, 0.2) is 35.0 Å². The van der Waals surface area contributed by atoms with Crippen molar-refractivity contribution in [3.63, 3.8) is 0 Å². The second-order valence-corrected chi connectivity index (χ2v) is 6.89. The molecule has 2 aromatic rings. The zero-order valence-electron chi connectivity index (χ0n) is 13.5. The van der Waals surface area contributed by atoms with Gasteiger partial charge in [-0.3, -0.25) is 4.90 Å². The first kappa shape index (κ1) is 17.1. The third-order valence-corrected chi connectivity index (χ3v) is 5.02. The minimum Gasteiger partial charge on any atom is -0.495 e. The molecule has 0 saturated carbocycles. The molecule has 7 heteroatoms. The van der Waals surface area contributed by atoms with Crippen LogP contribution >= 0.6 is 22.9 Å². The number of nitrogens with one attached hydrogen (secondary N) is 1. The fraction of sp³-hybridized carbons (Fsp3) is 0.353. The minimum atomic E-state index is -0.120. The molecular formula is C17H20ClN3O2S. The van der Waals surface area contributed by atoms with E-state index >= 15 is 0 Å². The van der Waals surface area contributed by atoms with E-state index in [2.05, 4.69) is 27.0 Å². The van der Waals surface area contributed by atoms with Crippen molar-refractivity contribution in [3.05, 3.63) is 45.6 Å². The summed E-state index contributed by atoms with van der Waals surface area (Å²) in [6, 6.07) is 7.21. The predicted molar refractivity (Wildman–Crippen MR) is 98.2 cm³/mol. The van der Waals surface area contributed by atoms with E-state index in [0.717, 1.165) is 19.6 Å². The molecule has 1 aromatic carbocycles.